The van der Waals surface area contributed by atoms with Crippen LogP contribution in [0.4, 0.5) is 0 Å². The van der Waals surface area contributed by atoms with Crippen LogP contribution in [0.15, 0.2) is 64.3 Å². The van der Waals surface area contributed by atoms with Crippen LogP contribution < -0.4 is 0 Å². The van der Waals surface area contributed by atoms with E-state index in [0.29, 0.717) is 49.3 Å². The van der Waals surface area contributed by atoms with Gasteiger partial charge in [-0.15, -0.1) is 0 Å². The minimum atomic E-state index is -3.44. The van der Waals surface area contributed by atoms with Crippen LogP contribution in [0.3, 0.4) is 0 Å². The van der Waals surface area contributed by atoms with E-state index in [9.17, 15) is 8.42 Å². The Morgan fingerprint density at radius 2 is 1.78 bits per heavy atom. The highest BCUT2D eigenvalue weighted by Gasteiger charge is 2.28. The Morgan fingerprint density at radius 3 is 2.48 bits per heavy atom. The summed E-state index contributed by atoms with van der Waals surface area (Å²) in [7, 11) is -3.44. The molecule has 3 aromatic rings. The van der Waals surface area contributed by atoms with Gasteiger partial charge in [-0.3, -0.25) is 9.88 Å². The van der Waals surface area contributed by atoms with Gasteiger partial charge in [0.15, 0.2) is 0 Å². The molecule has 1 fully saturated rings. The number of nitrogens with zero attached hydrogens (tertiary/aromatic N) is 5. The quantitative estimate of drug-likeness (QED) is 0.659. The fraction of sp³-hybridized carbons (Fsp3) is 0.278. The number of sulfonamides is 1. The molecule has 0 saturated carbocycles. The van der Waals surface area contributed by atoms with E-state index in [2.05, 4.69) is 20.0 Å². The third kappa shape index (κ3) is 3.90. The van der Waals surface area contributed by atoms with Crippen molar-refractivity contribution in [3.05, 3.63) is 60.7 Å². The highest BCUT2D eigenvalue weighted by molar-refractivity contribution is 7.89. The lowest BCUT2D eigenvalue weighted by Gasteiger charge is -2.33. The van der Waals surface area contributed by atoms with Crippen LogP contribution in [0.25, 0.3) is 11.4 Å². The normalized spacial score (nSPS) is 16.4. The van der Waals surface area contributed by atoms with E-state index >= 15 is 0 Å². The zero-order chi connectivity index (χ0) is 18.7. The molecule has 3 heterocycles. The van der Waals surface area contributed by atoms with Crippen LogP contribution in [-0.4, -0.2) is 58.9 Å². The molecule has 0 unspecified atom stereocenters. The summed E-state index contributed by atoms with van der Waals surface area (Å²) in [6, 6.07) is 12.2. The Labute approximate surface area is 157 Å². The lowest BCUT2D eigenvalue weighted by molar-refractivity contribution is 0.163. The summed E-state index contributed by atoms with van der Waals surface area (Å²) in [5, 5.41) is 3.99. The van der Waals surface area contributed by atoms with Crippen LogP contribution in [0, 0.1) is 0 Å². The van der Waals surface area contributed by atoms with Gasteiger partial charge in [0.1, 0.15) is 0 Å². The maximum atomic E-state index is 12.7. The van der Waals surface area contributed by atoms with Crippen LogP contribution in [0.1, 0.15) is 5.89 Å². The summed E-state index contributed by atoms with van der Waals surface area (Å²) in [4.78, 5) is 10.9. The van der Waals surface area contributed by atoms with Crippen molar-refractivity contribution in [1.82, 2.24) is 24.3 Å². The largest absolute Gasteiger partial charge is 0.338 e. The third-order valence-corrected chi connectivity index (χ3v) is 6.37. The Kier molecular flexibility index (Phi) is 4.97. The van der Waals surface area contributed by atoms with Crippen molar-refractivity contribution in [3.63, 3.8) is 0 Å². The summed E-state index contributed by atoms with van der Waals surface area (Å²) < 4.78 is 32.2. The number of rotatable bonds is 5. The van der Waals surface area contributed by atoms with Crippen molar-refractivity contribution in [2.24, 2.45) is 0 Å². The lowest BCUT2D eigenvalue weighted by atomic mass is 10.3. The van der Waals surface area contributed by atoms with Gasteiger partial charge in [0.25, 0.3) is 0 Å². The van der Waals surface area contributed by atoms with Crippen LogP contribution >= 0.6 is 0 Å². The van der Waals surface area contributed by atoms with Gasteiger partial charge in [0.2, 0.25) is 21.7 Å². The molecule has 0 atom stereocenters. The van der Waals surface area contributed by atoms with E-state index in [-0.39, 0.29) is 0 Å². The molecule has 140 valence electrons. The Balaban J connectivity index is 1.37. The number of pyridine rings is 1. The van der Waals surface area contributed by atoms with Crippen molar-refractivity contribution < 1.29 is 12.9 Å². The van der Waals surface area contributed by atoms with Crippen LogP contribution in [-0.2, 0) is 16.6 Å². The zero-order valence-electron chi connectivity index (χ0n) is 14.6. The van der Waals surface area contributed by atoms with Gasteiger partial charge in [-0.2, -0.15) is 9.29 Å². The van der Waals surface area contributed by atoms with Crippen molar-refractivity contribution in [2.75, 3.05) is 26.2 Å². The van der Waals surface area contributed by atoms with E-state index < -0.39 is 10.0 Å². The molecule has 1 aromatic carbocycles. The topological polar surface area (TPSA) is 92.4 Å². The van der Waals surface area contributed by atoms with E-state index in [1.165, 1.54) is 4.31 Å². The fourth-order valence-corrected chi connectivity index (χ4v) is 4.44. The summed E-state index contributed by atoms with van der Waals surface area (Å²) in [5.74, 6) is 1.01. The predicted octanol–water partition coefficient (Wildman–Crippen LogP) is 1.64. The maximum Gasteiger partial charge on any atom is 0.243 e. The van der Waals surface area contributed by atoms with Gasteiger partial charge in [0.05, 0.1) is 11.4 Å². The number of aromatic nitrogens is 3. The van der Waals surface area contributed by atoms with E-state index in [4.69, 9.17) is 4.52 Å². The summed E-state index contributed by atoms with van der Waals surface area (Å²) in [5.41, 5.74) is 0.797. The molecular weight excluding hydrogens is 366 g/mol. The summed E-state index contributed by atoms with van der Waals surface area (Å²) in [6.07, 6.45) is 3.37. The molecule has 27 heavy (non-hydrogen) atoms. The van der Waals surface area contributed by atoms with Crippen LogP contribution in [0.2, 0.25) is 0 Å². The Morgan fingerprint density at radius 1 is 1.00 bits per heavy atom. The Bertz CT molecular complexity index is 984. The second-order valence-electron chi connectivity index (χ2n) is 6.25. The first-order valence-corrected chi connectivity index (χ1v) is 10.1. The molecule has 2 aromatic heterocycles. The SMILES string of the molecule is O=S(=O)(c1ccccc1)N1CCN(Cc2nc(-c3cccnc3)no2)CC1. The molecule has 8 nitrogen and oxygen atoms in total. The first-order chi connectivity index (χ1) is 13.1. The molecule has 1 aliphatic heterocycles. The average molecular weight is 385 g/mol. The molecule has 0 amide bonds. The van der Waals surface area contributed by atoms with Gasteiger partial charge in [-0.05, 0) is 24.3 Å². The summed E-state index contributed by atoms with van der Waals surface area (Å²) in [6.45, 7) is 2.57. The molecule has 9 heteroatoms. The van der Waals surface area contributed by atoms with Gasteiger partial charge < -0.3 is 4.52 Å². The highest BCUT2D eigenvalue weighted by Crippen LogP contribution is 2.19. The molecule has 0 radical (unpaired) electrons. The standard InChI is InChI=1S/C18H19N5O3S/c24-27(25,16-6-2-1-3-7-16)23-11-9-22(10-12-23)14-17-20-18(21-26-17)15-5-4-8-19-13-15/h1-8,13H,9-12,14H2. The van der Waals surface area contributed by atoms with Gasteiger partial charge in [-0.1, -0.05) is 23.4 Å². The molecule has 0 N–H and O–H groups in total. The number of hydrogen-bond acceptors (Lipinski definition) is 7. The third-order valence-electron chi connectivity index (χ3n) is 4.46. The van der Waals surface area contributed by atoms with Crippen molar-refractivity contribution >= 4 is 10.0 Å². The van der Waals surface area contributed by atoms with E-state index in [1.807, 2.05) is 12.1 Å². The van der Waals surface area contributed by atoms with Gasteiger partial charge >= 0.3 is 0 Å². The minimum absolute atomic E-state index is 0.330. The molecule has 0 spiro atoms. The first-order valence-electron chi connectivity index (χ1n) is 8.63. The van der Waals surface area contributed by atoms with Crippen molar-refractivity contribution in [3.8, 4) is 11.4 Å². The van der Waals surface area contributed by atoms with Crippen LogP contribution in [0.5, 0.6) is 0 Å². The first kappa shape index (κ1) is 17.8. The number of piperazine rings is 1. The monoisotopic (exact) mass is 385 g/mol. The smallest absolute Gasteiger partial charge is 0.243 e. The summed E-state index contributed by atoms with van der Waals surface area (Å²) >= 11 is 0. The highest BCUT2D eigenvalue weighted by atomic mass is 32.2. The van der Waals surface area contributed by atoms with Gasteiger partial charge in [0, 0.05) is 44.1 Å². The van der Waals surface area contributed by atoms with Crippen molar-refractivity contribution in [1.29, 1.82) is 0 Å². The fourth-order valence-electron chi connectivity index (χ4n) is 2.99. The second kappa shape index (κ2) is 7.55. The maximum absolute atomic E-state index is 12.7. The molecule has 4 rings (SSSR count). The predicted molar refractivity (Wildman–Crippen MR) is 98.0 cm³/mol. The molecule has 0 aliphatic carbocycles. The Hall–Kier alpha value is -2.62. The lowest BCUT2D eigenvalue weighted by Crippen LogP contribution is -2.48. The second-order valence-corrected chi connectivity index (χ2v) is 8.18. The van der Waals surface area contributed by atoms with Gasteiger partial charge in [-0.25, -0.2) is 8.42 Å². The minimum Gasteiger partial charge on any atom is -0.338 e. The molecule has 0 bridgehead atoms. The van der Waals surface area contributed by atoms with E-state index in [0.717, 1.165) is 5.56 Å². The zero-order valence-corrected chi connectivity index (χ0v) is 15.4. The number of hydrogen-bond donors (Lipinski definition) is 0. The number of benzene rings is 1. The molecular formula is C18H19N5O3S. The molecule has 1 aliphatic rings. The van der Waals surface area contributed by atoms with Crippen molar-refractivity contribution in [2.45, 2.75) is 11.4 Å². The van der Waals surface area contributed by atoms with E-state index in [1.54, 1.807) is 42.7 Å². The average Bonchev–Trinajstić information content (AvgIpc) is 3.18. The molecule has 1 saturated heterocycles.